The van der Waals surface area contributed by atoms with Crippen LogP contribution < -0.4 is 11.1 Å². The first kappa shape index (κ1) is 12.6. The van der Waals surface area contributed by atoms with Crippen LogP contribution in [0.3, 0.4) is 0 Å². The molecule has 0 fully saturated rings. The minimum absolute atomic E-state index is 0.0532. The zero-order chi connectivity index (χ0) is 12.3. The van der Waals surface area contributed by atoms with E-state index in [1.807, 2.05) is 20.8 Å². The molecule has 1 unspecified atom stereocenters. The second-order valence-electron chi connectivity index (χ2n) is 4.18. The highest BCUT2D eigenvalue weighted by molar-refractivity contribution is 5.81. The van der Waals surface area contributed by atoms with E-state index in [-0.39, 0.29) is 6.04 Å². The minimum atomic E-state index is -0.778. The van der Waals surface area contributed by atoms with E-state index >= 15 is 0 Å². The van der Waals surface area contributed by atoms with Crippen LogP contribution in [0.15, 0.2) is 18.2 Å². The Morgan fingerprint density at radius 1 is 1.44 bits per heavy atom. The number of benzene rings is 1. The Morgan fingerprint density at radius 2 is 2.06 bits per heavy atom. The van der Waals surface area contributed by atoms with Gasteiger partial charge in [0.15, 0.2) is 0 Å². The maximum Gasteiger partial charge on any atom is 0.239 e. The molecule has 0 aliphatic carbocycles. The zero-order valence-corrected chi connectivity index (χ0v) is 9.75. The molecule has 3 nitrogen and oxygen atoms in total. The van der Waals surface area contributed by atoms with Crippen LogP contribution in [-0.2, 0) is 4.79 Å². The number of nitrogens with one attached hydrogen (secondary N) is 1. The SMILES string of the molecule is Cc1ccc(F)c(C(NC(C)C)C(N)=O)c1. The highest BCUT2D eigenvalue weighted by atomic mass is 19.1. The van der Waals surface area contributed by atoms with Crippen LogP contribution in [0, 0.1) is 12.7 Å². The fourth-order valence-corrected chi connectivity index (χ4v) is 1.54. The Labute approximate surface area is 94.8 Å². The maximum absolute atomic E-state index is 13.6. The molecule has 3 N–H and O–H groups in total. The number of nitrogens with two attached hydrogens (primary N) is 1. The van der Waals surface area contributed by atoms with Crippen molar-refractivity contribution in [3.05, 3.63) is 35.1 Å². The fraction of sp³-hybridized carbons (Fsp3) is 0.417. The van der Waals surface area contributed by atoms with Crippen molar-refractivity contribution in [1.82, 2.24) is 5.32 Å². The minimum Gasteiger partial charge on any atom is -0.368 e. The van der Waals surface area contributed by atoms with Crippen molar-refractivity contribution in [1.29, 1.82) is 0 Å². The summed E-state index contributed by atoms with van der Waals surface area (Å²) < 4.78 is 13.6. The third-order valence-electron chi connectivity index (χ3n) is 2.25. The van der Waals surface area contributed by atoms with Gasteiger partial charge in [-0.2, -0.15) is 0 Å². The van der Waals surface area contributed by atoms with E-state index in [0.717, 1.165) is 5.56 Å². The first-order chi connectivity index (χ1) is 7.41. The molecule has 4 heteroatoms. The molecule has 1 rings (SSSR count). The maximum atomic E-state index is 13.6. The number of halogens is 1. The van der Waals surface area contributed by atoms with Crippen LogP contribution in [0.4, 0.5) is 4.39 Å². The molecular formula is C12H17FN2O. The summed E-state index contributed by atoms with van der Waals surface area (Å²) in [6.07, 6.45) is 0. The molecule has 0 bridgehead atoms. The first-order valence-electron chi connectivity index (χ1n) is 5.23. The summed E-state index contributed by atoms with van der Waals surface area (Å²) in [6, 6.07) is 3.92. The van der Waals surface area contributed by atoms with E-state index < -0.39 is 17.8 Å². The Kier molecular flexibility index (Phi) is 4.01. The molecule has 0 saturated carbocycles. The summed E-state index contributed by atoms with van der Waals surface area (Å²) in [5, 5.41) is 2.95. The van der Waals surface area contributed by atoms with Crippen molar-refractivity contribution < 1.29 is 9.18 Å². The van der Waals surface area contributed by atoms with Gasteiger partial charge in [-0.25, -0.2) is 4.39 Å². The van der Waals surface area contributed by atoms with Crippen molar-refractivity contribution in [2.45, 2.75) is 32.9 Å². The Balaban J connectivity index is 3.10. The van der Waals surface area contributed by atoms with E-state index in [1.165, 1.54) is 6.07 Å². The molecule has 88 valence electrons. The molecular weight excluding hydrogens is 207 g/mol. The van der Waals surface area contributed by atoms with Gasteiger partial charge in [0.2, 0.25) is 5.91 Å². The average molecular weight is 224 g/mol. The predicted molar refractivity (Wildman–Crippen MR) is 61.3 cm³/mol. The molecule has 1 aromatic carbocycles. The highest BCUT2D eigenvalue weighted by Crippen LogP contribution is 2.19. The van der Waals surface area contributed by atoms with Gasteiger partial charge in [0, 0.05) is 11.6 Å². The zero-order valence-electron chi connectivity index (χ0n) is 9.75. The lowest BCUT2D eigenvalue weighted by Crippen LogP contribution is -2.38. The third-order valence-corrected chi connectivity index (χ3v) is 2.25. The van der Waals surface area contributed by atoms with Gasteiger partial charge in [-0.3, -0.25) is 10.1 Å². The van der Waals surface area contributed by atoms with Gasteiger partial charge in [0.05, 0.1) is 0 Å². The monoisotopic (exact) mass is 224 g/mol. The summed E-state index contributed by atoms with van der Waals surface area (Å²) in [5.74, 6) is -0.985. The quantitative estimate of drug-likeness (QED) is 0.817. The Hall–Kier alpha value is -1.42. The fourth-order valence-electron chi connectivity index (χ4n) is 1.54. The van der Waals surface area contributed by atoms with Gasteiger partial charge in [-0.05, 0) is 26.8 Å². The smallest absolute Gasteiger partial charge is 0.239 e. The average Bonchev–Trinajstić information content (AvgIpc) is 2.18. The third kappa shape index (κ3) is 3.03. The van der Waals surface area contributed by atoms with E-state index in [1.54, 1.807) is 12.1 Å². The number of rotatable bonds is 4. The highest BCUT2D eigenvalue weighted by Gasteiger charge is 2.21. The van der Waals surface area contributed by atoms with Crippen LogP contribution in [0.25, 0.3) is 0 Å². The number of aryl methyl sites for hydroxylation is 1. The number of carbonyl (C=O) groups excluding carboxylic acids is 1. The van der Waals surface area contributed by atoms with E-state index in [9.17, 15) is 9.18 Å². The lowest BCUT2D eigenvalue weighted by atomic mass is 10.0. The van der Waals surface area contributed by atoms with Crippen molar-refractivity contribution in [3.8, 4) is 0 Å². The Morgan fingerprint density at radius 3 is 2.56 bits per heavy atom. The number of amides is 1. The lowest BCUT2D eigenvalue weighted by Gasteiger charge is -2.19. The van der Waals surface area contributed by atoms with Gasteiger partial charge in [0.25, 0.3) is 0 Å². The number of hydrogen-bond acceptors (Lipinski definition) is 2. The second-order valence-corrected chi connectivity index (χ2v) is 4.18. The first-order valence-corrected chi connectivity index (χ1v) is 5.23. The van der Waals surface area contributed by atoms with E-state index in [0.29, 0.717) is 5.56 Å². The van der Waals surface area contributed by atoms with E-state index in [4.69, 9.17) is 5.73 Å². The lowest BCUT2D eigenvalue weighted by molar-refractivity contribution is -0.120. The molecule has 1 amide bonds. The summed E-state index contributed by atoms with van der Waals surface area (Å²) in [7, 11) is 0. The van der Waals surface area contributed by atoms with Gasteiger partial charge < -0.3 is 5.73 Å². The summed E-state index contributed by atoms with van der Waals surface area (Å²) >= 11 is 0. The summed E-state index contributed by atoms with van der Waals surface area (Å²) in [4.78, 5) is 11.3. The van der Waals surface area contributed by atoms with Gasteiger partial charge >= 0.3 is 0 Å². The van der Waals surface area contributed by atoms with Gasteiger partial charge in [0.1, 0.15) is 11.9 Å². The molecule has 0 aliphatic heterocycles. The van der Waals surface area contributed by atoms with Crippen LogP contribution >= 0.6 is 0 Å². The topological polar surface area (TPSA) is 55.1 Å². The standard InChI is InChI=1S/C12H17FN2O/c1-7(2)15-11(12(14)16)9-6-8(3)4-5-10(9)13/h4-7,11,15H,1-3H3,(H2,14,16). The van der Waals surface area contributed by atoms with Crippen LogP contribution in [-0.4, -0.2) is 11.9 Å². The van der Waals surface area contributed by atoms with Crippen LogP contribution in [0.2, 0.25) is 0 Å². The molecule has 0 aromatic heterocycles. The molecule has 0 saturated heterocycles. The molecule has 1 aromatic rings. The second kappa shape index (κ2) is 5.07. The van der Waals surface area contributed by atoms with Gasteiger partial charge in [-0.15, -0.1) is 0 Å². The molecule has 0 aliphatic rings. The summed E-state index contributed by atoms with van der Waals surface area (Å²) in [6.45, 7) is 5.60. The van der Waals surface area contributed by atoms with Crippen LogP contribution in [0.1, 0.15) is 31.0 Å². The molecule has 0 radical (unpaired) electrons. The van der Waals surface area contributed by atoms with Crippen molar-refractivity contribution in [2.24, 2.45) is 5.73 Å². The summed E-state index contributed by atoms with van der Waals surface area (Å²) in [5.41, 5.74) is 6.47. The molecule has 16 heavy (non-hydrogen) atoms. The van der Waals surface area contributed by atoms with E-state index in [2.05, 4.69) is 5.32 Å². The largest absolute Gasteiger partial charge is 0.368 e. The van der Waals surface area contributed by atoms with Crippen molar-refractivity contribution in [3.63, 3.8) is 0 Å². The predicted octanol–water partition coefficient (Wildman–Crippen LogP) is 1.66. The molecule has 0 heterocycles. The molecule has 0 spiro atoms. The number of hydrogen-bond donors (Lipinski definition) is 2. The Bertz CT molecular complexity index is 391. The number of carbonyl (C=O) groups is 1. The van der Waals surface area contributed by atoms with Crippen molar-refractivity contribution >= 4 is 5.91 Å². The number of primary amides is 1. The normalized spacial score (nSPS) is 12.8. The van der Waals surface area contributed by atoms with Crippen LogP contribution in [0.5, 0.6) is 0 Å². The van der Waals surface area contributed by atoms with Gasteiger partial charge in [-0.1, -0.05) is 17.7 Å². The van der Waals surface area contributed by atoms with Crippen molar-refractivity contribution in [2.75, 3.05) is 0 Å². The molecule has 1 atom stereocenters.